The minimum atomic E-state index is -0.166. The van der Waals surface area contributed by atoms with Gasteiger partial charge in [0.1, 0.15) is 5.69 Å². The summed E-state index contributed by atoms with van der Waals surface area (Å²) < 4.78 is 7.39. The Hall–Kier alpha value is -3.38. The van der Waals surface area contributed by atoms with Gasteiger partial charge in [0.25, 0.3) is 11.8 Å². The van der Waals surface area contributed by atoms with Gasteiger partial charge >= 0.3 is 0 Å². The molecule has 28 heavy (non-hydrogen) atoms. The first kappa shape index (κ1) is 18.0. The Bertz CT molecular complexity index is 1090. The fourth-order valence-electron chi connectivity index (χ4n) is 2.86. The van der Waals surface area contributed by atoms with Crippen LogP contribution in [0.25, 0.3) is 23.0 Å². The molecule has 6 nitrogen and oxygen atoms in total. The second-order valence-electron chi connectivity index (χ2n) is 6.14. The predicted molar refractivity (Wildman–Crippen MR) is 107 cm³/mol. The molecular weight excluding hydrogens is 376 g/mol. The largest absolute Gasteiger partial charge is 0.350 e. The Morgan fingerprint density at radius 3 is 2.75 bits per heavy atom. The molecule has 0 spiro atoms. The Kier molecular flexibility index (Phi) is 5.21. The van der Waals surface area contributed by atoms with Crippen LogP contribution in [0.15, 0.2) is 77.4 Å². The Balaban J connectivity index is 1.42. The number of nitrogens with one attached hydrogen (secondary N) is 1. The van der Waals surface area contributed by atoms with Crippen LogP contribution < -0.4 is 5.32 Å². The van der Waals surface area contributed by atoms with Gasteiger partial charge in [-0.2, -0.15) is 4.98 Å². The normalized spacial score (nSPS) is 10.8. The summed E-state index contributed by atoms with van der Waals surface area (Å²) in [6, 6.07) is 20.3. The molecule has 2 aromatic heterocycles. The second-order valence-corrected chi connectivity index (χ2v) is 6.58. The molecule has 140 valence electrons. The van der Waals surface area contributed by atoms with E-state index in [9.17, 15) is 4.79 Å². The van der Waals surface area contributed by atoms with Gasteiger partial charge in [0.2, 0.25) is 5.82 Å². The summed E-state index contributed by atoms with van der Waals surface area (Å²) in [6.07, 6.45) is 1.91. The molecule has 7 heteroatoms. The molecular formula is C21H17ClN4O2. The van der Waals surface area contributed by atoms with Crippen LogP contribution >= 0.6 is 11.6 Å². The topological polar surface area (TPSA) is 73.0 Å². The zero-order valence-electron chi connectivity index (χ0n) is 14.9. The summed E-state index contributed by atoms with van der Waals surface area (Å²) >= 11 is 5.93. The molecule has 0 saturated carbocycles. The number of rotatable bonds is 6. The SMILES string of the molecule is O=C(NCCn1cccc1-c1nc(-c2ccccc2)no1)c1cccc(Cl)c1. The molecule has 2 aromatic carbocycles. The first-order valence-corrected chi connectivity index (χ1v) is 9.17. The van der Waals surface area contributed by atoms with E-state index in [-0.39, 0.29) is 5.91 Å². The number of carbonyl (C=O) groups is 1. The van der Waals surface area contributed by atoms with Gasteiger partial charge < -0.3 is 14.4 Å². The van der Waals surface area contributed by atoms with Gasteiger partial charge in [0.15, 0.2) is 0 Å². The van der Waals surface area contributed by atoms with Crippen molar-refractivity contribution in [2.45, 2.75) is 6.54 Å². The number of hydrogen-bond acceptors (Lipinski definition) is 4. The lowest BCUT2D eigenvalue weighted by Gasteiger charge is -2.08. The van der Waals surface area contributed by atoms with E-state index in [1.54, 1.807) is 24.3 Å². The zero-order chi connectivity index (χ0) is 19.3. The lowest BCUT2D eigenvalue weighted by atomic mass is 10.2. The van der Waals surface area contributed by atoms with Gasteiger partial charge in [-0.1, -0.05) is 53.2 Å². The quantitative estimate of drug-likeness (QED) is 0.531. The maximum atomic E-state index is 12.2. The van der Waals surface area contributed by atoms with Crippen molar-refractivity contribution in [2.75, 3.05) is 6.54 Å². The van der Waals surface area contributed by atoms with Crippen LogP contribution in [-0.4, -0.2) is 27.2 Å². The highest BCUT2D eigenvalue weighted by atomic mass is 35.5. The first-order chi connectivity index (χ1) is 13.7. The number of nitrogens with zero attached hydrogens (tertiary/aromatic N) is 3. The van der Waals surface area contributed by atoms with E-state index < -0.39 is 0 Å². The molecule has 0 aliphatic rings. The fourth-order valence-corrected chi connectivity index (χ4v) is 3.05. The van der Waals surface area contributed by atoms with E-state index in [2.05, 4.69) is 15.5 Å². The minimum Gasteiger partial charge on any atom is -0.350 e. The van der Waals surface area contributed by atoms with Gasteiger partial charge in [0.05, 0.1) is 0 Å². The van der Waals surface area contributed by atoms with Crippen molar-refractivity contribution in [3.63, 3.8) is 0 Å². The van der Waals surface area contributed by atoms with E-state index in [1.165, 1.54) is 0 Å². The molecule has 4 rings (SSSR count). The number of hydrogen-bond donors (Lipinski definition) is 1. The van der Waals surface area contributed by atoms with Crippen molar-refractivity contribution in [1.82, 2.24) is 20.0 Å². The fraction of sp³-hybridized carbons (Fsp3) is 0.0952. The summed E-state index contributed by atoms with van der Waals surface area (Å²) in [5, 5.41) is 7.48. The molecule has 0 saturated heterocycles. The van der Waals surface area contributed by atoms with Crippen LogP contribution in [-0.2, 0) is 6.54 Å². The first-order valence-electron chi connectivity index (χ1n) is 8.79. The van der Waals surface area contributed by atoms with Gasteiger partial charge in [-0.3, -0.25) is 4.79 Å². The van der Waals surface area contributed by atoms with E-state index in [4.69, 9.17) is 16.1 Å². The van der Waals surface area contributed by atoms with Gasteiger partial charge in [-0.25, -0.2) is 0 Å². The maximum absolute atomic E-state index is 12.2. The molecule has 0 bridgehead atoms. The monoisotopic (exact) mass is 392 g/mol. The lowest BCUT2D eigenvalue weighted by Crippen LogP contribution is -2.27. The number of amides is 1. The average Bonchev–Trinajstić information content (AvgIpc) is 3.38. The number of benzene rings is 2. The van der Waals surface area contributed by atoms with Crippen molar-refractivity contribution in [3.8, 4) is 23.0 Å². The third kappa shape index (κ3) is 3.97. The molecule has 0 fully saturated rings. The molecule has 0 aliphatic heterocycles. The van der Waals surface area contributed by atoms with E-state index in [0.29, 0.717) is 35.4 Å². The number of halogens is 1. The molecule has 1 amide bonds. The summed E-state index contributed by atoms with van der Waals surface area (Å²) in [6.45, 7) is 1.02. The molecule has 0 radical (unpaired) electrons. The molecule has 4 aromatic rings. The van der Waals surface area contributed by atoms with E-state index >= 15 is 0 Å². The molecule has 2 heterocycles. The second kappa shape index (κ2) is 8.10. The van der Waals surface area contributed by atoms with Crippen molar-refractivity contribution in [3.05, 3.63) is 83.5 Å². The average molecular weight is 393 g/mol. The molecule has 0 atom stereocenters. The predicted octanol–water partition coefficient (Wildman–Crippen LogP) is 4.29. The number of aromatic nitrogens is 3. The number of carbonyl (C=O) groups excluding carboxylic acids is 1. The van der Waals surface area contributed by atoms with Gasteiger partial charge in [0, 0.05) is 35.4 Å². The van der Waals surface area contributed by atoms with Crippen LogP contribution in [0.5, 0.6) is 0 Å². The zero-order valence-corrected chi connectivity index (χ0v) is 15.6. The van der Waals surface area contributed by atoms with Crippen LogP contribution in [0.4, 0.5) is 0 Å². The summed E-state index contributed by atoms with van der Waals surface area (Å²) in [5.74, 6) is 0.808. The smallest absolute Gasteiger partial charge is 0.274 e. The highest BCUT2D eigenvalue weighted by Gasteiger charge is 2.14. The van der Waals surface area contributed by atoms with Crippen molar-refractivity contribution in [2.24, 2.45) is 0 Å². The van der Waals surface area contributed by atoms with E-state index in [0.717, 1.165) is 11.3 Å². The van der Waals surface area contributed by atoms with Crippen LogP contribution in [0.1, 0.15) is 10.4 Å². The van der Waals surface area contributed by atoms with Crippen molar-refractivity contribution in [1.29, 1.82) is 0 Å². The Morgan fingerprint density at radius 2 is 1.93 bits per heavy atom. The summed E-state index contributed by atoms with van der Waals surface area (Å²) in [7, 11) is 0. The Labute approximate surface area is 166 Å². The van der Waals surface area contributed by atoms with E-state index in [1.807, 2.05) is 53.2 Å². The van der Waals surface area contributed by atoms with Gasteiger partial charge in [-0.05, 0) is 30.3 Å². The van der Waals surface area contributed by atoms with Crippen molar-refractivity contribution < 1.29 is 9.32 Å². The van der Waals surface area contributed by atoms with Gasteiger partial charge in [-0.15, -0.1) is 0 Å². The summed E-state index contributed by atoms with van der Waals surface area (Å²) in [5.41, 5.74) is 2.22. The summed E-state index contributed by atoms with van der Waals surface area (Å²) in [4.78, 5) is 16.7. The minimum absolute atomic E-state index is 0.166. The standard InChI is InChI=1S/C21H17ClN4O2/c22-17-9-4-8-16(14-17)20(27)23-11-13-26-12-5-10-18(26)21-24-19(25-28-21)15-6-2-1-3-7-15/h1-10,12,14H,11,13H2,(H,23,27). The Morgan fingerprint density at radius 1 is 1.07 bits per heavy atom. The lowest BCUT2D eigenvalue weighted by molar-refractivity contribution is 0.0952. The third-order valence-electron chi connectivity index (χ3n) is 4.23. The van der Waals surface area contributed by atoms with Crippen LogP contribution in [0, 0.1) is 0 Å². The highest BCUT2D eigenvalue weighted by molar-refractivity contribution is 6.30. The third-order valence-corrected chi connectivity index (χ3v) is 4.47. The highest BCUT2D eigenvalue weighted by Crippen LogP contribution is 2.22. The molecule has 0 unspecified atom stereocenters. The maximum Gasteiger partial charge on any atom is 0.274 e. The van der Waals surface area contributed by atoms with Crippen LogP contribution in [0.3, 0.4) is 0 Å². The molecule has 1 N–H and O–H groups in total. The van der Waals surface area contributed by atoms with Crippen molar-refractivity contribution >= 4 is 17.5 Å². The van der Waals surface area contributed by atoms with Crippen LogP contribution in [0.2, 0.25) is 5.02 Å². The molecule has 0 aliphatic carbocycles.